The van der Waals surface area contributed by atoms with Crippen LogP contribution in [0.5, 0.6) is 0 Å². The molecule has 0 aliphatic carbocycles. The van der Waals surface area contributed by atoms with Gasteiger partial charge in [0.05, 0.1) is 7.11 Å². The van der Waals surface area contributed by atoms with Crippen LogP contribution in [0.1, 0.15) is 86.5 Å². The van der Waals surface area contributed by atoms with E-state index in [-0.39, 0.29) is 19.0 Å². The van der Waals surface area contributed by atoms with E-state index in [0.717, 1.165) is 0 Å². The second kappa shape index (κ2) is 15.1. The molecule has 1 heterocycles. The van der Waals surface area contributed by atoms with Gasteiger partial charge in [-0.15, -0.1) is 0 Å². The van der Waals surface area contributed by atoms with Gasteiger partial charge in [-0.1, -0.05) is 67.2 Å². The summed E-state index contributed by atoms with van der Waals surface area (Å²) in [6.07, 6.45) is 0.160. The first kappa shape index (κ1) is 30.2. The van der Waals surface area contributed by atoms with Crippen LogP contribution in [0, 0.1) is 5.92 Å². The predicted octanol–water partition coefficient (Wildman–Crippen LogP) is 7.78. The number of hydrogen-bond donors (Lipinski definition) is 0. The second-order valence-corrected chi connectivity index (χ2v) is 13.3. The van der Waals surface area contributed by atoms with Gasteiger partial charge in [0.1, 0.15) is 6.10 Å². The summed E-state index contributed by atoms with van der Waals surface area (Å²) in [5.74, 6) is -0.609. The van der Waals surface area contributed by atoms with Gasteiger partial charge in [0.2, 0.25) is 0 Å². The molecule has 0 aromatic carbocycles. The molecule has 31 heavy (non-hydrogen) atoms. The molecule has 0 aromatic heterocycles. The number of halogens is 3. The van der Waals surface area contributed by atoms with Crippen molar-refractivity contribution in [3.8, 4) is 0 Å². The van der Waals surface area contributed by atoms with E-state index in [0.29, 0.717) is 31.0 Å². The number of ether oxygens (including phenoxy) is 1. The summed E-state index contributed by atoms with van der Waals surface area (Å²) in [5, 5.41) is 0. The van der Waals surface area contributed by atoms with Gasteiger partial charge >= 0.3 is 12.3 Å². The summed E-state index contributed by atoms with van der Waals surface area (Å²) < 4.78 is 52.0. The lowest BCUT2D eigenvalue weighted by Crippen LogP contribution is -2.54. The van der Waals surface area contributed by atoms with Crippen molar-refractivity contribution < 1.29 is 27.1 Å². The molecule has 1 amide bonds. The molecule has 3 unspecified atom stereocenters. The lowest BCUT2D eigenvalue weighted by atomic mass is 9.85. The average molecular weight is 470 g/mol. The molecule has 3 atom stereocenters. The lowest BCUT2D eigenvalue weighted by molar-refractivity contribution is -0.218. The number of carbonyl (C=O) groups excluding carboxylic acids is 1. The quantitative estimate of drug-likeness (QED) is 0.242. The normalized spacial score (nSPS) is 20.6. The molecule has 0 radical (unpaired) electrons. The molecule has 1 aliphatic rings. The SMILES string of the molecule is CCC1CC(C(O[Si](CC)(CC)CC)C(F)(F)F)CCN1C(=O)OC.CCCCCC. The average Bonchev–Trinajstić information content (AvgIpc) is 2.77. The fourth-order valence-corrected chi connectivity index (χ4v) is 7.17. The fourth-order valence-electron chi connectivity index (χ4n) is 4.30. The number of carbonyl (C=O) groups is 1. The van der Waals surface area contributed by atoms with Crippen LogP contribution < -0.4 is 0 Å². The highest BCUT2D eigenvalue weighted by Gasteiger charge is 2.51. The lowest BCUT2D eigenvalue weighted by Gasteiger charge is -2.43. The Balaban J connectivity index is 0.00000131. The number of alkyl halides is 3. The third kappa shape index (κ3) is 9.72. The first-order chi connectivity index (χ1) is 14.6. The Morgan fingerprint density at radius 1 is 1.03 bits per heavy atom. The van der Waals surface area contributed by atoms with E-state index in [4.69, 9.17) is 9.16 Å². The van der Waals surface area contributed by atoms with Crippen molar-refractivity contribution in [2.45, 2.75) is 123 Å². The molecule has 4 nitrogen and oxygen atoms in total. The summed E-state index contributed by atoms with van der Waals surface area (Å²) >= 11 is 0. The Kier molecular flexibility index (Phi) is 14.8. The van der Waals surface area contributed by atoms with Crippen LogP contribution in [0.2, 0.25) is 18.1 Å². The van der Waals surface area contributed by atoms with E-state index in [1.807, 2.05) is 27.7 Å². The van der Waals surface area contributed by atoms with Crippen molar-refractivity contribution in [3.05, 3.63) is 0 Å². The molecule has 1 fully saturated rings. The van der Waals surface area contributed by atoms with Crippen LogP contribution >= 0.6 is 0 Å². The fraction of sp³-hybridized carbons (Fsp3) is 0.957. The van der Waals surface area contributed by atoms with Crippen molar-refractivity contribution >= 4 is 14.4 Å². The molecule has 1 saturated heterocycles. The van der Waals surface area contributed by atoms with Crippen LogP contribution in [-0.4, -0.2) is 51.3 Å². The first-order valence-electron chi connectivity index (χ1n) is 12.2. The van der Waals surface area contributed by atoms with Crippen LogP contribution in [0.15, 0.2) is 0 Å². The summed E-state index contributed by atoms with van der Waals surface area (Å²) in [4.78, 5) is 13.4. The zero-order chi connectivity index (χ0) is 24.1. The van der Waals surface area contributed by atoms with Crippen molar-refractivity contribution in [2.24, 2.45) is 5.92 Å². The topological polar surface area (TPSA) is 38.8 Å². The zero-order valence-electron chi connectivity index (χ0n) is 20.8. The van der Waals surface area contributed by atoms with E-state index in [9.17, 15) is 18.0 Å². The molecule has 186 valence electrons. The number of rotatable bonds is 10. The Bertz CT molecular complexity index is 475. The Hall–Kier alpha value is -0.763. The third-order valence-corrected chi connectivity index (χ3v) is 11.3. The zero-order valence-corrected chi connectivity index (χ0v) is 21.8. The largest absolute Gasteiger partial charge is 0.453 e. The molecule has 1 aliphatic heterocycles. The van der Waals surface area contributed by atoms with Gasteiger partial charge in [-0.2, -0.15) is 13.2 Å². The van der Waals surface area contributed by atoms with Crippen LogP contribution in [-0.2, 0) is 9.16 Å². The monoisotopic (exact) mass is 469 g/mol. The number of nitrogens with zero attached hydrogens (tertiary/aromatic N) is 1. The Labute approximate surface area is 189 Å². The smallest absolute Gasteiger partial charge is 0.413 e. The van der Waals surface area contributed by atoms with Gasteiger partial charge in [0.15, 0.2) is 8.32 Å². The number of methoxy groups -OCH3 is 1. The molecular weight excluding hydrogens is 423 g/mol. The van der Waals surface area contributed by atoms with Crippen molar-refractivity contribution in [2.75, 3.05) is 13.7 Å². The van der Waals surface area contributed by atoms with Gasteiger partial charge in [-0.05, 0) is 43.3 Å². The van der Waals surface area contributed by atoms with Crippen molar-refractivity contribution in [3.63, 3.8) is 0 Å². The second-order valence-electron chi connectivity index (χ2n) is 8.54. The van der Waals surface area contributed by atoms with Crippen molar-refractivity contribution in [1.29, 1.82) is 0 Å². The predicted molar refractivity (Wildman–Crippen MR) is 124 cm³/mol. The number of unbranched alkanes of at least 4 members (excludes halogenated alkanes) is 3. The summed E-state index contributed by atoms with van der Waals surface area (Å²) in [6, 6.07) is 1.82. The highest BCUT2D eigenvalue weighted by molar-refractivity contribution is 6.73. The first-order valence-corrected chi connectivity index (χ1v) is 14.7. The van der Waals surface area contributed by atoms with E-state index in [2.05, 4.69) is 13.8 Å². The molecule has 0 N–H and O–H groups in total. The van der Waals surface area contributed by atoms with Gasteiger partial charge in [0.25, 0.3) is 0 Å². The summed E-state index contributed by atoms with van der Waals surface area (Å²) in [7, 11) is -1.08. The van der Waals surface area contributed by atoms with E-state index in [1.165, 1.54) is 32.8 Å². The van der Waals surface area contributed by atoms with Gasteiger partial charge < -0.3 is 14.1 Å². The molecule has 0 aromatic rings. The van der Waals surface area contributed by atoms with Gasteiger partial charge in [-0.25, -0.2) is 4.79 Å². The van der Waals surface area contributed by atoms with Crippen molar-refractivity contribution in [1.82, 2.24) is 4.90 Å². The highest BCUT2D eigenvalue weighted by atomic mass is 28.4. The van der Waals surface area contributed by atoms with E-state index >= 15 is 0 Å². The van der Waals surface area contributed by atoms with Gasteiger partial charge in [-0.3, -0.25) is 0 Å². The summed E-state index contributed by atoms with van der Waals surface area (Å²) in [5.41, 5.74) is 0. The molecular formula is C23H46F3NO3Si. The van der Waals surface area contributed by atoms with Crippen LogP contribution in [0.25, 0.3) is 0 Å². The number of amides is 1. The maximum Gasteiger partial charge on any atom is 0.413 e. The minimum absolute atomic E-state index is 0.236. The van der Waals surface area contributed by atoms with Crippen LogP contribution in [0.4, 0.5) is 18.0 Å². The highest BCUT2D eigenvalue weighted by Crippen LogP contribution is 2.40. The maximum absolute atomic E-state index is 13.8. The molecule has 1 rings (SSSR count). The minimum Gasteiger partial charge on any atom is -0.453 e. The van der Waals surface area contributed by atoms with Crippen LogP contribution in [0.3, 0.4) is 0 Å². The number of hydrogen-bond acceptors (Lipinski definition) is 3. The number of piperidine rings is 1. The minimum atomic E-state index is -4.38. The molecule has 0 spiro atoms. The summed E-state index contributed by atoms with van der Waals surface area (Å²) in [6.45, 7) is 12.4. The third-order valence-electron chi connectivity index (χ3n) is 6.65. The molecule has 0 bridgehead atoms. The van der Waals surface area contributed by atoms with E-state index in [1.54, 1.807) is 4.90 Å². The van der Waals surface area contributed by atoms with E-state index < -0.39 is 32.6 Å². The Morgan fingerprint density at radius 2 is 1.55 bits per heavy atom. The number of likely N-dealkylation sites (tertiary alicyclic amines) is 1. The molecule has 0 saturated carbocycles. The maximum atomic E-state index is 13.8. The standard InChI is InChI=1S/C17H32F3NO3Si.C6H14/c1-6-14-12-13(10-11-21(14)16(22)23-5)15(17(18,19)20)24-25(7-2,8-3)9-4;1-3-5-6-4-2/h13-15H,6-12H2,1-5H3;3-6H2,1-2H3. The van der Waals surface area contributed by atoms with Gasteiger partial charge in [0, 0.05) is 12.6 Å². The molecule has 8 heteroatoms. The Morgan fingerprint density at radius 3 is 1.90 bits per heavy atom.